The molecule has 0 bridgehead atoms. The minimum absolute atomic E-state index is 0.876. The molecule has 0 radical (unpaired) electrons. The molecular weight excluding hydrogens is 524 g/mol. The van der Waals surface area contributed by atoms with Crippen molar-refractivity contribution in [1.82, 2.24) is 4.57 Å². The summed E-state index contributed by atoms with van der Waals surface area (Å²) >= 11 is 0. The third-order valence-electron chi connectivity index (χ3n) is 8.55. The van der Waals surface area contributed by atoms with Crippen molar-refractivity contribution < 1.29 is 4.42 Å². The number of hydrogen-bond donors (Lipinski definition) is 0. The number of hydrogen-bond acceptors (Lipinski definition) is 2. The maximum Gasteiger partial charge on any atom is 0.159 e. The van der Waals surface area contributed by atoms with E-state index < -0.39 is 0 Å². The Morgan fingerprint density at radius 2 is 1.05 bits per heavy atom. The van der Waals surface area contributed by atoms with Crippen LogP contribution in [0, 0.1) is 0 Å². The Bertz CT molecular complexity index is 2450. The highest BCUT2D eigenvalue weighted by atomic mass is 16.3. The van der Waals surface area contributed by atoms with Crippen molar-refractivity contribution in [2.75, 3.05) is 4.90 Å². The molecule has 9 rings (SSSR count). The van der Waals surface area contributed by atoms with Gasteiger partial charge in [-0.05, 0) is 60.0 Å². The number of benzene rings is 7. The molecule has 2 heterocycles. The molecule has 0 unspecified atom stereocenters. The van der Waals surface area contributed by atoms with Gasteiger partial charge in [0.05, 0.1) is 22.4 Å². The quantitative estimate of drug-likeness (QED) is 0.217. The molecule has 43 heavy (non-hydrogen) atoms. The largest absolute Gasteiger partial charge is 0.453 e. The van der Waals surface area contributed by atoms with E-state index in [4.69, 9.17) is 4.42 Å². The van der Waals surface area contributed by atoms with Crippen molar-refractivity contribution in [1.29, 1.82) is 0 Å². The Kier molecular flexibility index (Phi) is 5.20. The Hall–Kier alpha value is -5.80. The fourth-order valence-electron chi connectivity index (χ4n) is 6.71. The van der Waals surface area contributed by atoms with Crippen LogP contribution in [0.3, 0.4) is 0 Å². The average molecular weight is 551 g/mol. The maximum absolute atomic E-state index is 6.85. The van der Waals surface area contributed by atoms with Gasteiger partial charge in [0.25, 0.3) is 0 Å². The molecule has 0 N–H and O–H groups in total. The number of fused-ring (bicyclic) bond motifs is 8. The second-order valence-electron chi connectivity index (χ2n) is 10.9. The second-order valence-corrected chi connectivity index (χ2v) is 10.9. The summed E-state index contributed by atoms with van der Waals surface area (Å²) in [6, 6.07) is 55.8. The highest BCUT2D eigenvalue weighted by molar-refractivity contribution is 6.20. The van der Waals surface area contributed by atoms with Crippen molar-refractivity contribution in [2.24, 2.45) is 0 Å². The summed E-state index contributed by atoms with van der Waals surface area (Å²) in [6.07, 6.45) is 0. The van der Waals surface area contributed by atoms with Gasteiger partial charge in [0.2, 0.25) is 0 Å². The fourth-order valence-corrected chi connectivity index (χ4v) is 6.71. The number of furan rings is 1. The van der Waals surface area contributed by atoms with Crippen molar-refractivity contribution in [3.63, 3.8) is 0 Å². The molecule has 202 valence electrons. The first-order chi connectivity index (χ1) is 21.4. The van der Waals surface area contributed by atoms with E-state index in [2.05, 4.69) is 167 Å². The predicted octanol–water partition coefficient (Wildman–Crippen LogP) is 11.3. The number of para-hydroxylation sites is 4. The summed E-state index contributed by atoms with van der Waals surface area (Å²) in [5.74, 6) is 0. The monoisotopic (exact) mass is 550 g/mol. The summed E-state index contributed by atoms with van der Waals surface area (Å²) in [5.41, 5.74) is 8.47. The molecule has 0 aliphatic carbocycles. The molecule has 0 aliphatic heterocycles. The van der Waals surface area contributed by atoms with E-state index in [1.807, 2.05) is 0 Å². The Morgan fingerprint density at radius 1 is 0.419 bits per heavy atom. The van der Waals surface area contributed by atoms with Gasteiger partial charge in [-0.3, -0.25) is 0 Å². The SMILES string of the molecule is c1ccc(N(c2cccc3c2oc2c4ccccc4ccc32)c2cccc3c2c2ccccc2n3-c2ccccc2)cc1. The van der Waals surface area contributed by atoms with Crippen LogP contribution in [0.15, 0.2) is 162 Å². The van der Waals surface area contributed by atoms with Crippen molar-refractivity contribution in [2.45, 2.75) is 0 Å². The van der Waals surface area contributed by atoms with Gasteiger partial charge in [0.15, 0.2) is 5.58 Å². The molecule has 9 aromatic rings. The first kappa shape index (κ1) is 23.9. The van der Waals surface area contributed by atoms with Gasteiger partial charge in [0, 0.05) is 38.3 Å². The van der Waals surface area contributed by atoms with E-state index in [0.29, 0.717) is 0 Å². The zero-order valence-electron chi connectivity index (χ0n) is 23.3. The molecule has 0 spiro atoms. The molecule has 0 saturated heterocycles. The summed E-state index contributed by atoms with van der Waals surface area (Å²) in [5, 5.41) is 6.95. The Labute approximate surface area is 248 Å². The van der Waals surface area contributed by atoms with Crippen LogP contribution >= 0.6 is 0 Å². The van der Waals surface area contributed by atoms with Crippen LogP contribution in [0.25, 0.3) is 60.2 Å². The van der Waals surface area contributed by atoms with Crippen LogP contribution in [-0.4, -0.2) is 4.57 Å². The topological polar surface area (TPSA) is 21.3 Å². The lowest BCUT2D eigenvalue weighted by atomic mass is 10.0. The third kappa shape index (κ3) is 3.55. The summed E-state index contributed by atoms with van der Waals surface area (Å²) < 4.78 is 9.21. The predicted molar refractivity (Wildman–Crippen MR) is 180 cm³/mol. The fraction of sp³-hybridized carbons (Fsp3) is 0. The smallest absolute Gasteiger partial charge is 0.159 e. The van der Waals surface area contributed by atoms with Crippen LogP contribution in [0.4, 0.5) is 17.1 Å². The van der Waals surface area contributed by atoms with Gasteiger partial charge in [-0.1, -0.05) is 103 Å². The van der Waals surface area contributed by atoms with Crippen LogP contribution in [-0.2, 0) is 0 Å². The molecule has 3 heteroatoms. The van der Waals surface area contributed by atoms with Crippen LogP contribution in [0.5, 0.6) is 0 Å². The zero-order chi connectivity index (χ0) is 28.3. The molecule has 0 atom stereocenters. The van der Waals surface area contributed by atoms with E-state index in [1.165, 1.54) is 21.7 Å². The lowest BCUT2D eigenvalue weighted by Gasteiger charge is -2.26. The van der Waals surface area contributed by atoms with Gasteiger partial charge >= 0.3 is 0 Å². The van der Waals surface area contributed by atoms with E-state index >= 15 is 0 Å². The highest BCUT2D eigenvalue weighted by Gasteiger charge is 2.24. The molecular formula is C40H26N2O. The third-order valence-corrected chi connectivity index (χ3v) is 8.55. The van der Waals surface area contributed by atoms with Crippen LogP contribution < -0.4 is 4.90 Å². The standard InChI is InChI=1S/C40H26N2O/c1-3-14-28(15-4-1)41-34-21-10-9-19-33(34)38-35(41)22-12-23-36(38)42(29-16-5-2-6-17-29)37-24-11-20-31-32-26-25-27-13-7-8-18-30(27)39(32)43-40(31)37/h1-26H. The van der Waals surface area contributed by atoms with Crippen molar-refractivity contribution in [3.8, 4) is 5.69 Å². The molecule has 3 nitrogen and oxygen atoms in total. The van der Waals surface area contributed by atoms with Gasteiger partial charge < -0.3 is 13.9 Å². The van der Waals surface area contributed by atoms with E-state index in [0.717, 1.165) is 55.6 Å². The first-order valence-corrected chi connectivity index (χ1v) is 14.6. The Balaban J connectivity index is 1.40. The number of aromatic nitrogens is 1. The first-order valence-electron chi connectivity index (χ1n) is 14.6. The lowest BCUT2D eigenvalue weighted by molar-refractivity contribution is 0.673. The van der Waals surface area contributed by atoms with Gasteiger partial charge in [0.1, 0.15) is 5.58 Å². The number of nitrogens with zero attached hydrogens (tertiary/aromatic N) is 2. The van der Waals surface area contributed by atoms with Gasteiger partial charge in [-0.25, -0.2) is 0 Å². The molecule has 0 saturated carbocycles. The molecule has 0 amide bonds. The Morgan fingerprint density at radius 3 is 1.91 bits per heavy atom. The summed E-state index contributed by atoms with van der Waals surface area (Å²) in [7, 11) is 0. The zero-order valence-corrected chi connectivity index (χ0v) is 23.3. The van der Waals surface area contributed by atoms with Gasteiger partial charge in [-0.2, -0.15) is 0 Å². The van der Waals surface area contributed by atoms with Gasteiger partial charge in [-0.15, -0.1) is 0 Å². The highest BCUT2D eigenvalue weighted by Crippen LogP contribution is 2.47. The number of anilines is 3. The molecule has 0 fully saturated rings. The van der Waals surface area contributed by atoms with E-state index in [1.54, 1.807) is 0 Å². The number of rotatable bonds is 4. The van der Waals surface area contributed by atoms with E-state index in [9.17, 15) is 0 Å². The molecule has 0 aliphatic rings. The minimum atomic E-state index is 0.876. The van der Waals surface area contributed by atoms with Crippen LogP contribution in [0.1, 0.15) is 0 Å². The minimum Gasteiger partial charge on any atom is -0.453 e. The second kappa shape index (κ2) is 9.37. The molecule has 2 aromatic heterocycles. The average Bonchev–Trinajstić information content (AvgIpc) is 3.63. The van der Waals surface area contributed by atoms with Crippen LogP contribution in [0.2, 0.25) is 0 Å². The van der Waals surface area contributed by atoms with E-state index in [-0.39, 0.29) is 0 Å². The lowest BCUT2D eigenvalue weighted by Crippen LogP contribution is -2.10. The van der Waals surface area contributed by atoms with Crippen molar-refractivity contribution in [3.05, 3.63) is 158 Å². The summed E-state index contributed by atoms with van der Waals surface area (Å²) in [4.78, 5) is 2.36. The van der Waals surface area contributed by atoms with Crippen molar-refractivity contribution >= 4 is 71.6 Å². The maximum atomic E-state index is 6.85. The summed E-state index contributed by atoms with van der Waals surface area (Å²) in [6.45, 7) is 0. The normalized spacial score (nSPS) is 11.7. The molecule has 7 aromatic carbocycles.